The van der Waals surface area contributed by atoms with E-state index in [9.17, 15) is 13.6 Å². The number of ether oxygens (including phenoxy) is 1. The van der Waals surface area contributed by atoms with E-state index in [-0.39, 0.29) is 22.7 Å². The van der Waals surface area contributed by atoms with Gasteiger partial charge in [-0.05, 0) is 31.0 Å². The quantitative estimate of drug-likeness (QED) is 0.759. The second-order valence-corrected chi connectivity index (χ2v) is 3.40. The molecule has 1 aromatic carbocycles. The Bertz CT molecular complexity index is 478. The molecule has 0 radical (unpaired) electrons. The number of hydrogen-bond donors (Lipinski definition) is 0. The van der Waals surface area contributed by atoms with Crippen LogP contribution in [-0.2, 0) is 6.42 Å². The van der Waals surface area contributed by atoms with Crippen molar-refractivity contribution in [1.82, 2.24) is 0 Å². The van der Waals surface area contributed by atoms with Gasteiger partial charge in [0.25, 0.3) is 0 Å². The minimum absolute atomic E-state index is 0.168. The fraction of sp³-hybridized carbons (Fsp3) is 0.333. The molecule has 0 aliphatic carbocycles. The van der Waals surface area contributed by atoms with Gasteiger partial charge in [0, 0.05) is 5.56 Å². The monoisotopic (exact) mass is 239 g/mol. The van der Waals surface area contributed by atoms with E-state index in [0.29, 0.717) is 12.0 Å². The number of carbonyl (C=O) groups is 1. The van der Waals surface area contributed by atoms with Gasteiger partial charge in [-0.1, -0.05) is 6.92 Å². The number of nitriles is 1. The number of rotatable bonds is 4. The third-order valence-electron chi connectivity index (χ3n) is 2.30. The van der Waals surface area contributed by atoms with Gasteiger partial charge in [-0.3, -0.25) is 4.79 Å². The lowest BCUT2D eigenvalue weighted by molar-refractivity contribution is -0.0499. The molecule has 0 bridgehead atoms. The topological polar surface area (TPSA) is 50.1 Å². The number of Topliss-reactive ketones (excluding diaryl/α,β-unsaturated/α-hetero) is 1. The lowest BCUT2D eigenvalue weighted by atomic mass is 9.96. The molecule has 0 N–H and O–H groups in total. The number of carbonyl (C=O) groups excluding carboxylic acids is 1. The Kier molecular flexibility index (Phi) is 4.16. The molecular formula is C12H11F2NO2. The van der Waals surface area contributed by atoms with Crippen molar-refractivity contribution in [1.29, 1.82) is 5.26 Å². The van der Waals surface area contributed by atoms with E-state index in [4.69, 9.17) is 5.26 Å². The van der Waals surface area contributed by atoms with Gasteiger partial charge in [0.1, 0.15) is 5.75 Å². The minimum atomic E-state index is -2.98. The molecule has 0 atom stereocenters. The predicted molar refractivity (Wildman–Crippen MR) is 57.2 cm³/mol. The van der Waals surface area contributed by atoms with Gasteiger partial charge in [-0.25, -0.2) is 0 Å². The molecule has 3 nitrogen and oxygen atoms in total. The van der Waals surface area contributed by atoms with Crippen molar-refractivity contribution in [2.45, 2.75) is 26.9 Å². The van der Waals surface area contributed by atoms with Crippen molar-refractivity contribution < 1.29 is 18.3 Å². The van der Waals surface area contributed by atoms with E-state index >= 15 is 0 Å². The van der Waals surface area contributed by atoms with Crippen LogP contribution in [0.1, 0.15) is 35.3 Å². The highest BCUT2D eigenvalue weighted by Gasteiger charge is 2.15. The minimum Gasteiger partial charge on any atom is -0.435 e. The van der Waals surface area contributed by atoms with Gasteiger partial charge < -0.3 is 4.74 Å². The Morgan fingerprint density at radius 2 is 2.18 bits per heavy atom. The Hall–Kier alpha value is -1.96. The molecule has 0 aliphatic heterocycles. The molecule has 0 aliphatic rings. The highest BCUT2D eigenvalue weighted by molar-refractivity contribution is 5.96. The maximum Gasteiger partial charge on any atom is 0.387 e. The Morgan fingerprint density at radius 1 is 1.53 bits per heavy atom. The van der Waals surface area contributed by atoms with Crippen molar-refractivity contribution in [3.8, 4) is 11.8 Å². The molecule has 17 heavy (non-hydrogen) atoms. The van der Waals surface area contributed by atoms with Crippen LogP contribution >= 0.6 is 0 Å². The molecule has 1 rings (SSSR count). The zero-order valence-electron chi connectivity index (χ0n) is 9.46. The van der Waals surface area contributed by atoms with Crippen molar-refractivity contribution in [2.75, 3.05) is 0 Å². The van der Waals surface area contributed by atoms with Gasteiger partial charge in [0.2, 0.25) is 0 Å². The SMILES string of the molecule is CCc1c(C#N)cc(OC(F)F)cc1C(C)=O. The number of ketones is 1. The van der Waals surface area contributed by atoms with E-state index in [2.05, 4.69) is 4.74 Å². The van der Waals surface area contributed by atoms with Crippen molar-refractivity contribution in [3.05, 3.63) is 28.8 Å². The molecule has 0 aromatic heterocycles. The van der Waals surface area contributed by atoms with Crippen LogP contribution in [0.5, 0.6) is 5.75 Å². The first-order chi connectivity index (χ1) is 7.99. The molecule has 0 saturated carbocycles. The molecule has 0 amide bonds. The van der Waals surface area contributed by atoms with Crippen LogP contribution in [0.15, 0.2) is 12.1 Å². The number of alkyl halides is 2. The van der Waals surface area contributed by atoms with Crippen LogP contribution in [0.3, 0.4) is 0 Å². The summed E-state index contributed by atoms with van der Waals surface area (Å²) in [6.07, 6.45) is 0.479. The summed E-state index contributed by atoms with van der Waals surface area (Å²) in [4.78, 5) is 11.4. The molecule has 0 fully saturated rings. The lowest BCUT2D eigenvalue weighted by Gasteiger charge is -2.11. The number of benzene rings is 1. The summed E-state index contributed by atoms with van der Waals surface area (Å²) in [5.74, 6) is -0.447. The highest BCUT2D eigenvalue weighted by atomic mass is 19.3. The molecule has 0 saturated heterocycles. The van der Waals surface area contributed by atoms with Crippen molar-refractivity contribution >= 4 is 5.78 Å². The molecule has 0 spiro atoms. The molecule has 90 valence electrons. The number of halogens is 2. The van der Waals surface area contributed by atoms with Gasteiger partial charge in [-0.2, -0.15) is 14.0 Å². The Morgan fingerprint density at radius 3 is 2.59 bits per heavy atom. The summed E-state index contributed by atoms with van der Waals surface area (Å²) < 4.78 is 28.4. The average molecular weight is 239 g/mol. The molecule has 0 heterocycles. The van der Waals surface area contributed by atoms with Gasteiger partial charge in [0.05, 0.1) is 11.6 Å². The van der Waals surface area contributed by atoms with Crippen molar-refractivity contribution in [2.24, 2.45) is 0 Å². The second-order valence-electron chi connectivity index (χ2n) is 3.40. The highest BCUT2D eigenvalue weighted by Crippen LogP contribution is 2.24. The standard InChI is InChI=1S/C12H11F2NO2/c1-3-10-8(6-15)4-9(17-12(13)14)5-11(10)7(2)16/h4-5,12H,3H2,1-2H3. The number of nitrogens with zero attached hydrogens (tertiary/aromatic N) is 1. The second kappa shape index (κ2) is 5.39. The van der Waals surface area contributed by atoms with Crippen molar-refractivity contribution in [3.63, 3.8) is 0 Å². The third kappa shape index (κ3) is 3.00. The third-order valence-corrected chi connectivity index (χ3v) is 2.30. The summed E-state index contributed by atoms with van der Waals surface area (Å²) in [6.45, 7) is 0.131. The lowest BCUT2D eigenvalue weighted by Crippen LogP contribution is -2.07. The van der Waals surface area contributed by atoms with Crippen LogP contribution in [0.2, 0.25) is 0 Å². The maximum absolute atomic E-state index is 12.1. The summed E-state index contributed by atoms with van der Waals surface area (Å²) in [6, 6.07) is 4.34. The van der Waals surface area contributed by atoms with E-state index in [1.165, 1.54) is 19.1 Å². The van der Waals surface area contributed by atoms with Crippen LogP contribution in [0, 0.1) is 11.3 Å². The first-order valence-corrected chi connectivity index (χ1v) is 5.02. The fourth-order valence-corrected chi connectivity index (χ4v) is 1.61. The first kappa shape index (κ1) is 13.1. The molecule has 0 unspecified atom stereocenters. The molecule has 1 aromatic rings. The zero-order valence-corrected chi connectivity index (χ0v) is 9.46. The van der Waals surface area contributed by atoms with Gasteiger partial charge in [-0.15, -0.1) is 0 Å². The van der Waals surface area contributed by atoms with E-state index < -0.39 is 6.61 Å². The molecular weight excluding hydrogens is 228 g/mol. The normalized spacial score (nSPS) is 10.1. The Balaban J connectivity index is 3.36. The van der Waals surface area contributed by atoms with E-state index in [1.807, 2.05) is 6.07 Å². The van der Waals surface area contributed by atoms with Crippen LogP contribution in [0.25, 0.3) is 0 Å². The van der Waals surface area contributed by atoms with Crippen LogP contribution < -0.4 is 4.74 Å². The van der Waals surface area contributed by atoms with E-state index in [0.717, 1.165) is 0 Å². The average Bonchev–Trinajstić information content (AvgIpc) is 2.26. The maximum atomic E-state index is 12.1. The number of hydrogen-bond acceptors (Lipinski definition) is 3. The Labute approximate surface area is 97.6 Å². The summed E-state index contributed by atoms with van der Waals surface area (Å²) in [5.41, 5.74) is 1.000. The summed E-state index contributed by atoms with van der Waals surface area (Å²) in [5, 5.41) is 8.91. The van der Waals surface area contributed by atoms with Gasteiger partial charge in [0.15, 0.2) is 5.78 Å². The zero-order chi connectivity index (χ0) is 13.0. The smallest absolute Gasteiger partial charge is 0.387 e. The summed E-state index contributed by atoms with van der Waals surface area (Å²) in [7, 11) is 0. The van der Waals surface area contributed by atoms with Gasteiger partial charge >= 0.3 is 6.61 Å². The fourth-order valence-electron chi connectivity index (χ4n) is 1.61. The largest absolute Gasteiger partial charge is 0.435 e. The predicted octanol–water partition coefficient (Wildman–Crippen LogP) is 2.92. The summed E-state index contributed by atoms with van der Waals surface area (Å²) >= 11 is 0. The first-order valence-electron chi connectivity index (χ1n) is 5.02. The van der Waals surface area contributed by atoms with Crippen LogP contribution in [0.4, 0.5) is 8.78 Å². The van der Waals surface area contributed by atoms with Crippen LogP contribution in [-0.4, -0.2) is 12.4 Å². The van der Waals surface area contributed by atoms with E-state index in [1.54, 1.807) is 6.92 Å². The molecule has 5 heteroatoms.